The van der Waals surface area contributed by atoms with Crippen molar-refractivity contribution in [3.8, 4) is 28.6 Å². The molecule has 1 fully saturated rings. The molecule has 3 aromatic carbocycles. The van der Waals surface area contributed by atoms with Crippen LogP contribution >= 0.6 is 0 Å². The van der Waals surface area contributed by atoms with Crippen molar-refractivity contribution in [2.75, 3.05) is 0 Å². The zero-order valence-electron chi connectivity index (χ0n) is 17.6. The summed E-state index contributed by atoms with van der Waals surface area (Å²) in [6, 6.07) is 13.7. The molecular weight excluding hydrogens is 445 g/mol. The van der Waals surface area contributed by atoms with Crippen LogP contribution in [-0.2, 0) is 0 Å². The van der Waals surface area contributed by atoms with E-state index in [1.807, 2.05) is 0 Å². The molecule has 0 bridgehead atoms. The van der Waals surface area contributed by atoms with Gasteiger partial charge < -0.3 is 14.8 Å². The van der Waals surface area contributed by atoms with Crippen LogP contribution in [-0.4, -0.2) is 20.7 Å². The Morgan fingerprint density at radius 2 is 1.71 bits per heavy atom. The Labute approximate surface area is 191 Å². The summed E-state index contributed by atoms with van der Waals surface area (Å²) in [4.78, 5) is 11.3. The number of phenols is 1. The molecule has 5 nitrogen and oxygen atoms in total. The highest BCUT2D eigenvalue weighted by Gasteiger charge is 2.37. The van der Waals surface area contributed by atoms with Crippen LogP contribution in [0.5, 0.6) is 5.75 Å². The zero-order chi connectivity index (χ0) is 24.1. The minimum atomic E-state index is -1.10. The maximum Gasteiger partial charge on any atom is 0.335 e. The number of nitrogens with zero attached hydrogens (tertiary/aromatic N) is 2. The number of aromatic hydroxyl groups is 1. The average Bonchev–Trinajstić information content (AvgIpc) is 3.10. The highest BCUT2D eigenvalue weighted by molar-refractivity contribution is 6.03. The van der Waals surface area contributed by atoms with E-state index >= 15 is 0 Å². The number of rotatable bonds is 4. The minimum absolute atomic E-state index is 0.0677. The predicted octanol–water partition coefficient (Wildman–Crippen LogP) is 6.14. The Morgan fingerprint density at radius 3 is 2.32 bits per heavy atom. The number of hydrogen-bond acceptors (Lipinski definition) is 3. The van der Waals surface area contributed by atoms with Gasteiger partial charge in [-0.2, -0.15) is 5.26 Å². The smallest absolute Gasteiger partial charge is 0.335 e. The van der Waals surface area contributed by atoms with Gasteiger partial charge in [0.15, 0.2) is 11.6 Å². The molecule has 1 aliphatic rings. The largest absolute Gasteiger partial charge is 0.507 e. The van der Waals surface area contributed by atoms with E-state index in [0.29, 0.717) is 35.0 Å². The minimum Gasteiger partial charge on any atom is -0.507 e. The summed E-state index contributed by atoms with van der Waals surface area (Å²) >= 11 is 0. The number of halogens is 3. The van der Waals surface area contributed by atoms with Crippen molar-refractivity contribution in [1.29, 1.82) is 5.26 Å². The first-order valence-corrected chi connectivity index (χ1v) is 10.5. The Morgan fingerprint density at radius 1 is 1.00 bits per heavy atom. The summed E-state index contributed by atoms with van der Waals surface area (Å²) in [6.45, 7) is 0. The number of aromatic nitrogens is 1. The van der Waals surface area contributed by atoms with Crippen LogP contribution in [0.1, 0.15) is 34.8 Å². The van der Waals surface area contributed by atoms with Gasteiger partial charge in [-0.3, -0.25) is 0 Å². The van der Waals surface area contributed by atoms with Gasteiger partial charge in [0.05, 0.1) is 22.5 Å². The van der Waals surface area contributed by atoms with Crippen molar-refractivity contribution in [1.82, 2.24) is 4.57 Å². The third-order valence-electron chi connectivity index (χ3n) is 6.34. The number of aromatic carboxylic acids is 1. The second-order valence-electron chi connectivity index (χ2n) is 8.39. The topological polar surface area (TPSA) is 86.2 Å². The zero-order valence-corrected chi connectivity index (χ0v) is 17.6. The molecule has 4 aromatic rings. The number of carbonyl (C=O) groups is 1. The fraction of sp³-hybridized carbons (Fsp3) is 0.154. The van der Waals surface area contributed by atoms with E-state index in [-0.39, 0.29) is 34.4 Å². The summed E-state index contributed by atoms with van der Waals surface area (Å²) in [5, 5.41) is 29.6. The van der Waals surface area contributed by atoms with Crippen LogP contribution < -0.4 is 0 Å². The van der Waals surface area contributed by atoms with Crippen LogP contribution in [0.3, 0.4) is 0 Å². The fourth-order valence-electron chi connectivity index (χ4n) is 4.69. The molecule has 5 rings (SSSR count). The lowest BCUT2D eigenvalue weighted by Gasteiger charge is -2.33. The first-order valence-electron chi connectivity index (χ1n) is 10.5. The van der Waals surface area contributed by atoms with Crippen LogP contribution in [0.2, 0.25) is 0 Å². The summed E-state index contributed by atoms with van der Waals surface area (Å²) in [5.41, 5.74) is 2.24. The van der Waals surface area contributed by atoms with Crippen molar-refractivity contribution in [2.24, 2.45) is 5.92 Å². The number of hydrogen-bond donors (Lipinski definition) is 2. The lowest BCUT2D eigenvalue weighted by atomic mass is 9.72. The highest BCUT2D eigenvalue weighted by Crippen LogP contribution is 2.51. The highest BCUT2D eigenvalue weighted by atomic mass is 19.2. The number of fused-ring (bicyclic) bond motifs is 1. The SMILES string of the molecule is N#CC1CC(c2c(-c3ccc(C(=O)O)cc3)c3c(O)cc(F)cc3n2-c2ccc(F)c(F)c2)C1. The van der Waals surface area contributed by atoms with Crippen molar-refractivity contribution in [3.63, 3.8) is 0 Å². The van der Waals surface area contributed by atoms with Crippen molar-refractivity contribution < 1.29 is 28.2 Å². The van der Waals surface area contributed by atoms with E-state index in [4.69, 9.17) is 0 Å². The maximum absolute atomic E-state index is 14.4. The molecule has 1 saturated carbocycles. The molecule has 2 N–H and O–H groups in total. The first-order chi connectivity index (χ1) is 16.3. The van der Waals surface area contributed by atoms with Crippen LogP contribution in [0.15, 0.2) is 54.6 Å². The summed E-state index contributed by atoms with van der Waals surface area (Å²) < 4.78 is 43.9. The van der Waals surface area contributed by atoms with E-state index in [0.717, 1.165) is 18.2 Å². The fourth-order valence-corrected chi connectivity index (χ4v) is 4.69. The van der Waals surface area contributed by atoms with E-state index in [2.05, 4.69) is 6.07 Å². The van der Waals surface area contributed by atoms with Gasteiger partial charge in [0.25, 0.3) is 0 Å². The van der Waals surface area contributed by atoms with E-state index in [1.165, 1.54) is 24.3 Å². The van der Waals surface area contributed by atoms with Gasteiger partial charge in [-0.1, -0.05) is 12.1 Å². The first kappa shape index (κ1) is 21.6. The molecule has 0 radical (unpaired) electrons. The third-order valence-corrected chi connectivity index (χ3v) is 6.34. The second-order valence-corrected chi connectivity index (χ2v) is 8.39. The molecular formula is C26H17F3N2O3. The van der Waals surface area contributed by atoms with Gasteiger partial charge in [0, 0.05) is 40.9 Å². The molecule has 0 saturated heterocycles. The van der Waals surface area contributed by atoms with Crippen LogP contribution in [0.25, 0.3) is 27.7 Å². The van der Waals surface area contributed by atoms with E-state index < -0.39 is 23.4 Å². The number of carboxylic acid groups (broad SMARTS) is 1. The monoisotopic (exact) mass is 462 g/mol. The predicted molar refractivity (Wildman–Crippen MR) is 118 cm³/mol. The van der Waals surface area contributed by atoms with Crippen LogP contribution in [0, 0.1) is 34.7 Å². The van der Waals surface area contributed by atoms with Crippen molar-refractivity contribution >= 4 is 16.9 Å². The Balaban J connectivity index is 1.87. The third kappa shape index (κ3) is 3.37. The Kier molecular flexibility index (Phi) is 5.05. The summed E-state index contributed by atoms with van der Waals surface area (Å²) in [5.74, 6) is -4.64. The Bertz CT molecular complexity index is 1500. The lowest BCUT2D eigenvalue weighted by Crippen LogP contribution is -2.23. The average molecular weight is 462 g/mol. The molecule has 1 aromatic heterocycles. The van der Waals surface area contributed by atoms with E-state index in [9.17, 15) is 33.4 Å². The van der Waals surface area contributed by atoms with Gasteiger partial charge in [0.2, 0.25) is 0 Å². The molecule has 0 spiro atoms. The van der Waals surface area contributed by atoms with Gasteiger partial charge in [-0.25, -0.2) is 18.0 Å². The lowest BCUT2D eigenvalue weighted by molar-refractivity contribution is 0.0697. The van der Waals surface area contributed by atoms with Crippen molar-refractivity contribution in [2.45, 2.75) is 18.8 Å². The number of phenolic OH excluding ortho intramolecular Hbond substituents is 1. The molecule has 34 heavy (non-hydrogen) atoms. The van der Waals surface area contributed by atoms with Gasteiger partial charge in [0.1, 0.15) is 11.6 Å². The Hall–Kier alpha value is -4.25. The molecule has 1 heterocycles. The molecule has 0 amide bonds. The van der Waals surface area contributed by atoms with Gasteiger partial charge >= 0.3 is 5.97 Å². The standard InChI is InChI=1S/C26H17F3N2O3/c27-17-9-21-24(22(32)10-17)23(14-1-3-15(4-2-14)26(33)34)25(16-7-13(8-16)12-30)31(21)18-5-6-19(28)20(29)11-18/h1-6,9-11,13,16,32H,7-8H2,(H,33,34). The van der Waals surface area contributed by atoms with E-state index in [1.54, 1.807) is 16.7 Å². The van der Waals surface area contributed by atoms with Crippen LogP contribution in [0.4, 0.5) is 13.2 Å². The molecule has 8 heteroatoms. The quantitative estimate of drug-likeness (QED) is 0.382. The van der Waals surface area contributed by atoms with Crippen molar-refractivity contribution in [3.05, 3.63) is 83.3 Å². The molecule has 170 valence electrons. The molecule has 1 aliphatic carbocycles. The maximum atomic E-state index is 14.4. The summed E-state index contributed by atoms with van der Waals surface area (Å²) in [7, 11) is 0. The molecule has 0 unspecified atom stereocenters. The summed E-state index contributed by atoms with van der Waals surface area (Å²) in [6.07, 6.45) is 1.000. The van der Waals surface area contributed by atoms with Gasteiger partial charge in [-0.05, 0) is 48.7 Å². The molecule has 0 aliphatic heterocycles. The number of nitriles is 1. The van der Waals surface area contributed by atoms with Gasteiger partial charge in [-0.15, -0.1) is 0 Å². The normalized spacial score (nSPS) is 17.4. The molecule has 0 atom stereocenters. The second kappa shape index (κ2) is 7.96. The number of benzene rings is 3. The number of carboxylic acids is 1.